The average molecular weight is 231 g/mol. The van der Waals surface area contributed by atoms with E-state index in [9.17, 15) is 0 Å². The van der Waals surface area contributed by atoms with Crippen molar-refractivity contribution < 1.29 is 9.47 Å². The molecule has 0 rings (SSSR count). The second-order valence-corrected chi connectivity index (χ2v) is 4.27. The lowest BCUT2D eigenvalue weighted by Gasteiger charge is -2.16. The molecule has 0 saturated heterocycles. The van der Waals surface area contributed by atoms with Gasteiger partial charge in [0.1, 0.15) is 0 Å². The molecule has 1 unspecified atom stereocenters. The number of unbranched alkanes of at least 4 members (excludes halogenated alkanes) is 5. The molecule has 0 saturated carbocycles. The molecular formula is C13H29NO2. The van der Waals surface area contributed by atoms with Gasteiger partial charge in [-0.15, -0.1) is 0 Å². The number of nitrogens with one attached hydrogen (secondary N) is 1. The molecule has 0 aromatic heterocycles. The lowest BCUT2D eigenvalue weighted by atomic mass is 10.1. The number of hydrogen-bond acceptors (Lipinski definition) is 3. The Morgan fingerprint density at radius 2 is 1.75 bits per heavy atom. The van der Waals surface area contributed by atoms with Gasteiger partial charge in [-0.25, -0.2) is 0 Å². The lowest BCUT2D eigenvalue weighted by Crippen LogP contribution is -2.30. The van der Waals surface area contributed by atoms with Crippen LogP contribution in [0.1, 0.15) is 45.4 Å². The zero-order valence-electron chi connectivity index (χ0n) is 11.3. The second-order valence-electron chi connectivity index (χ2n) is 4.27. The summed E-state index contributed by atoms with van der Waals surface area (Å²) in [6, 6.07) is 0. The molecule has 0 heterocycles. The van der Waals surface area contributed by atoms with Gasteiger partial charge in [-0.3, -0.25) is 0 Å². The van der Waals surface area contributed by atoms with E-state index in [4.69, 9.17) is 9.47 Å². The molecule has 98 valence electrons. The topological polar surface area (TPSA) is 30.5 Å². The van der Waals surface area contributed by atoms with E-state index in [0.717, 1.165) is 13.2 Å². The number of likely N-dealkylation sites (N-methyl/N-ethyl adjacent to an activating group) is 1. The summed E-state index contributed by atoms with van der Waals surface area (Å²) < 4.78 is 10.8. The van der Waals surface area contributed by atoms with Crippen molar-refractivity contribution in [3.63, 3.8) is 0 Å². The summed E-state index contributed by atoms with van der Waals surface area (Å²) in [4.78, 5) is 0. The Kier molecular flexibility index (Phi) is 12.9. The number of hydrogen-bond donors (Lipinski definition) is 1. The van der Waals surface area contributed by atoms with Crippen molar-refractivity contribution in [3.8, 4) is 0 Å². The van der Waals surface area contributed by atoms with Crippen LogP contribution in [0.5, 0.6) is 0 Å². The number of methoxy groups -OCH3 is 1. The molecule has 0 spiro atoms. The minimum atomic E-state index is 0.200. The van der Waals surface area contributed by atoms with E-state index in [1.54, 1.807) is 7.11 Å². The third-order valence-electron chi connectivity index (χ3n) is 2.64. The summed E-state index contributed by atoms with van der Waals surface area (Å²) >= 11 is 0. The monoisotopic (exact) mass is 231 g/mol. The summed E-state index contributed by atoms with van der Waals surface area (Å²) in [5, 5.41) is 3.12. The molecule has 1 atom stereocenters. The Bertz CT molecular complexity index is 125. The van der Waals surface area contributed by atoms with Crippen LogP contribution in [0.3, 0.4) is 0 Å². The van der Waals surface area contributed by atoms with E-state index in [1.165, 1.54) is 38.5 Å². The molecule has 0 amide bonds. The smallest absolute Gasteiger partial charge is 0.0932 e. The Morgan fingerprint density at radius 1 is 1.06 bits per heavy atom. The normalized spacial score (nSPS) is 12.9. The zero-order chi connectivity index (χ0) is 12.1. The first-order chi connectivity index (χ1) is 7.85. The first kappa shape index (κ1) is 15.9. The highest BCUT2D eigenvalue weighted by molar-refractivity contribution is 4.58. The summed E-state index contributed by atoms with van der Waals surface area (Å²) in [7, 11) is 3.66. The fraction of sp³-hybridized carbons (Fsp3) is 1.00. The number of rotatable bonds is 12. The van der Waals surface area contributed by atoms with Gasteiger partial charge in [0.25, 0.3) is 0 Å². The van der Waals surface area contributed by atoms with Crippen LogP contribution in [-0.2, 0) is 9.47 Å². The van der Waals surface area contributed by atoms with Crippen molar-refractivity contribution >= 4 is 0 Å². The maximum absolute atomic E-state index is 5.74. The SMILES string of the molecule is CCCCCCCCOC(CNC)COC. The molecule has 0 aliphatic rings. The minimum Gasteiger partial charge on any atom is -0.382 e. The van der Waals surface area contributed by atoms with Crippen LogP contribution >= 0.6 is 0 Å². The maximum Gasteiger partial charge on any atom is 0.0932 e. The standard InChI is InChI=1S/C13H29NO2/c1-4-5-6-7-8-9-10-16-13(11-14-2)12-15-3/h13-14H,4-12H2,1-3H3. The second kappa shape index (κ2) is 12.9. The third-order valence-corrected chi connectivity index (χ3v) is 2.64. The fourth-order valence-corrected chi connectivity index (χ4v) is 1.71. The fourth-order valence-electron chi connectivity index (χ4n) is 1.71. The van der Waals surface area contributed by atoms with Crippen LogP contribution in [0.25, 0.3) is 0 Å². The van der Waals surface area contributed by atoms with E-state index in [1.807, 2.05) is 7.05 Å². The van der Waals surface area contributed by atoms with Crippen molar-refractivity contribution in [3.05, 3.63) is 0 Å². The van der Waals surface area contributed by atoms with Crippen molar-refractivity contribution in [2.24, 2.45) is 0 Å². The van der Waals surface area contributed by atoms with E-state index in [-0.39, 0.29) is 6.10 Å². The Morgan fingerprint density at radius 3 is 2.38 bits per heavy atom. The van der Waals surface area contributed by atoms with Gasteiger partial charge in [0.15, 0.2) is 0 Å². The van der Waals surface area contributed by atoms with Gasteiger partial charge >= 0.3 is 0 Å². The van der Waals surface area contributed by atoms with Crippen LogP contribution in [-0.4, -0.2) is 40.0 Å². The van der Waals surface area contributed by atoms with Crippen LogP contribution in [0.2, 0.25) is 0 Å². The predicted octanol–water partition coefficient (Wildman–Crippen LogP) is 2.60. The van der Waals surface area contributed by atoms with Crippen molar-refractivity contribution in [1.82, 2.24) is 5.32 Å². The Labute approximate surface area is 101 Å². The molecule has 3 nitrogen and oxygen atoms in total. The highest BCUT2D eigenvalue weighted by Gasteiger charge is 2.06. The lowest BCUT2D eigenvalue weighted by molar-refractivity contribution is -0.00149. The van der Waals surface area contributed by atoms with Crippen LogP contribution in [0.15, 0.2) is 0 Å². The third kappa shape index (κ3) is 10.4. The minimum absolute atomic E-state index is 0.200. The summed E-state index contributed by atoms with van der Waals surface area (Å²) in [5.41, 5.74) is 0. The van der Waals surface area contributed by atoms with E-state index in [0.29, 0.717) is 6.61 Å². The molecule has 0 aromatic carbocycles. The van der Waals surface area contributed by atoms with Gasteiger partial charge in [-0.05, 0) is 13.5 Å². The first-order valence-corrected chi connectivity index (χ1v) is 6.60. The predicted molar refractivity (Wildman–Crippen MR) is 68.9 cm³/mol. The molecular weight excluding hydrogens is 202 g/mol. The first-order valence-electron chi connectivity index (χ1n) is 6.60. The molecule has 3 heteroatoms. The van der Waals surface area contributed by atoms with Crippen molar-refractivity contribution in [1.29, 1.82) is 0 Å². The molecule has 0 fully saturated rings. The zero-order valence-corrected chi connectivity index (χ0v) is 11.3. The quantitative estimate of drug-likeness (QED) is 0.524. The van der Waals surface area contributed by atoms with Crippen LogP contribution < -0.4 is 5.32 Å². The van der Waals surface area contributed by atoms with Gasteiger partial charge in [-0.2, -0.15) is 0 Å². The largest absolute Gasteiger partial charge is 0.382 e. The molecule has 0 aromatic rings. The molecule has 0 bridgehead atoms. The average Bonchev–Trinajstić information content (AvgIpc) is 2.28. The van der Waals surface area contributed by atoms with Gasteiger partial charge in [0, 0.05) is 20.3 Å². The number of ether oxygens (including phenoxy) is 2. The Balaban J connectivity index is 3.25. The summed E-state index contributed by atoms with van der Waals surface area (Å²) in [5.74, 6) is 0. The summed E-state index contributed by atoms with van der Waals surface area (Å²) in [6.07, 6.45) is 8.06. The van der Waals surface area contributed by atoms with Gasteiger partial charge < -0.3 is 14.8 Å². The van der Waals surface area contributed by atoms with Crippen LogP contribution in [0, 0.1) is 0 Å². The molecule has 0 aliphatic carbocycles. The van der Waals surface area contributed by atoms with Crippen molar-refractivity contribution in [2.75, 3.05) is 33.9 Å². The van der Waals surface area contributed by atoms with E-state index < -0.39 is 0 Å². The highest BCUT2D eigenvalue weighted by atomic mass is 16.5. The molecule has 1 N–H and O–H groups in total. The van der Waals surface area contributed by atoms with Gasteiger partial charge in [-0.1, -0.05) is 39.0 Å². The van der Waals surface area contributed by atoms with Gasteiger partial charge in [0.05, 0.1) is 12.7 Å². The molecule has 0 radical (unpaired) electrons. The highest BCUT2D eigenvalue weighted by Crippen LogP contribution is 2.05. The maximum atomic E-state index is 5.74. The Hall–Kier alpha value is -0.120. The van der Waals surface area contributed by atoms with Gasteiger partial charge in [0.2, 0.25) is 0 Å². The molecule has 16 heavy (non-hydrogen) atoms. The van der Waals surface area contributed by atoms with Crippen molar-refractivity contribution in [2.45, 2.75) is 51.6 Å². The molecule has 0 aliphatic heterocycles. The van der Waals surface area contributed by atoms with E-state index >= 15 is 0 Å². The summed E-state index contributed by atoms with van der Waals surface area (Å²) in [6.45, 7) is 4.65. The van der Waals surface area contributed by atoms with Crippen LogP contribution in [0.4, 0.5) is 0 Å². The van der Waals surface area contributed by atoms with E-state index in [2.05, 4.69) is 12.2 Å².